The lowest BCUT2D eigenvalue weighted by molar-refractivity contribution is -0.132. The molecule has 4 aromatic rings. The Morgan fingerprint density at radius 3 is 2.09 bits per heavy atom. The van der Waals surface area contributed by atoms with E-state index >= 15 is 0 Å². The first-order chi connectivity index (χ1) is 20.8. The van der Waals surface area contributed by atoms with Crippen LogP contribution in [0.5, 0.6) is 5.75 Å². The Morgan fingerprint density at radius 2 is 1.47 bits per heavy atom. The van der Waals surface area contributed by atoms with Crippen LogP contribution in [-0.4, -0.2) is 29.9 Å². The van der Waals surface area contributed by atoms with Crippen LogP contribution in [0.25, 0.3) is 0 Å². The monoisotopic (exact) mass is 589 g/mol. The van der Waals surface area contributed by atoms with Crippen molar-refractivity contribution in [3.63, 3.8) is 0 Å². The quantitative estimate of drug-likeness (QED) is 0.113. The zero-order valence-electron chi connectivity index (χ0n) is 22.9. The molecule has 3 aliphatic carbocycles. The Hall–Kier alpha value is -5.08. The van der Waals surface area contributed by atoms with Crippen LogP contribution in [-0.2, 0) is 19.8 Å². The number of hydrogen-bond acceptors (Lipinski definition) is 6. The molecule has 2 unspecified atom stereocenters. The fourth-order valence-corrected chi connectivity index (χ4v) is 7.25. The van der Waals surface area contributed by atoms with Crippen molar-refractivity contribution in [1.29, 1.82) is 0 Å². The standard InChI is InChI=1S/C34H24ClN3O5/c1-19(39)43-21-16-14-20(15-17-21)38-32(41)29-28-22-8-2-5-11-25(22)34(30(29)33(38)42,26-12-6-3-9-23(26)28)18-36-37-31(40)24-10-4-7-13-27(24)35/h2-18,28-30H,1H3,(H,37,40)/b36-18+. The van der Waals surface area contributed by atoms with E-state index in [-0.39, 0.29) is 28.3 Å². The summed E-state index contributed by atoms with van der Waals surface area (Å²) in [5.41, 5.74) is 5.71. The van der Waals surface area contributed by atoms with Crippen LogP contribution in [0.1, 0.15) is 45.5 Å². The van der Waals surface area contributed by atoms with E-state index in [1.54, 1.807) is 54.7 Å². The van der Waals surface area contributed by atoms with Gasteiger partial charge < -0.3 is 4.74 Å². The number of hydrogen-bond donors (Lipinski definition) is 1. The first kappa shape index (κ1) is 26.8. The van der Waals surface area contributed by atoms with Gasteiger partial charge in [-0.1, -0.05) is 72.3 Å². The number of carbonyl (C=O) groups is 4. The van der Waals surface area contributed by atoms with E-state index in [9.17, 15) is 19.2 Å². The van der Waals surface area contributed by atoms with Crippen molar-refractivity contribution in [1.82, 2.24) is 5.43 Å². The number of nitrogens with one attached hydrogen (secondary N) is 1. The molecule has 1 aliphatic heterocycles. The van der Waals surface area contributed by atoms with Gasteiger partial charge in [0.05, 0.1) is 33.5 Å². The summed E-state index contributed by atoms with van der Waals surface area (Å²) in [5, 5.41) is 4.71. The largest absolute Gasteiger partial charge is 0.427 e. The maximum absolute atomic E-state index is 14.4. The van der Waals surface area contributed by atoms with Crippen LogP contribution in [0.2, 0.25) is 5.02 Å². The second-order valence-corrected chi connectivity index (χ2v) is 11.2. The zero-order chi connectivity index (χ0) is 29.9. The minimum atomic E-state index is -1.14. The van der Waals surface area contributed by atoms with Gasteiger partial charge in [0.1, 0.15) is 5.75 Å². The summed E-state index contributed by atoms with van der Waals surface area (Å²) in [6.45, 7) is 1.30. The molecule has 1 saturated heterocycles. The molecule has 1 heterocycles. The van der Waals surface area contributed by atoms with E-state index in [0.717, 1.165) is 22.3 Å². The number of nitrogens with zero attached hydrogens (tertiary/aromatic N) is 2. The van der Waals surface area contributed by atoms with Crippen LogP contribution in [0.4, 0.5) is 5.69 Å². The van der Waals surface area contributed by atoms with E-state index in [1.165, 1.54) is 11.8 Å². The van der Waals surface area contributed by atoms with Crippen molar-refractivity contribution < 1.29 is 23.9 Å². The summed E-state index contributed by atoms with van der Waals surface area (Å²) >= 11 is 6.23. The lowest BCUT2D eigenvalue weighted by Gasteiger charge is -2.52. The normalized spacial score (nSPS) is 23.1. The lowest BCUT2D eigenvalue weighted by Crippen LogP contribution is -2.54. The number of anilines is 1. The molecule has 1 N–H and O–H groups in total. The summed E-state index contributed by atoms with van der Waals surface area (Å²) in [7, 11) is 0. The van der Waals surface area contributed by atoms with Crippen LogP contribution in [0.15, 0.2) is 102 Å². The predicted octanol–water partition coefficient (Wildman–Crippen LogP) is 5.23. The van der Waals surface area contributed by atoms with Gasteiger partial charge in [-0.25, -0.2) is 10.3 Å². The van der Waals surface area contributed by atoms with Crippen LogP contribution >= 0.6 is 11.6 Å². The van der Waals surface area contributed by atoms with E-state index in [2.05, 4.69) is 10.5 Å². The first-order valence-corrected chi connectivity index (χ1v) is 14.1. The smallest absolute Gasteiger partial charge is 0.308 e. The zero-order valence-corrected chi connectivity index (χ0v) is 23.6. The van der Waals surface area contributed by atoms with Crippen LogP contribution in [0, 0.1) is 11.8 Å². The van der Waals surface area contributed by atoms with Gasteiger partial charge >= 0.3 is 5.97 Å². The molecule has 1 fully saturated rings. The van der Waals surface area contributed by atoms with Crippen LogP contribution in [0.3, 0.4) is 0 Å². The van der Waals surface area contributed by atoms with Gasteiger partial charge in [0.15, 0.2) is 0 Å². The summed E-state index contributed by atoms with van der Waals surface area (Å²) in [5.74, 6) is -3.20. The van der Waals surface area contributed by atoms with E-state index in [1.807, 2.05) is 48.5 Å². The first-order valence-electron chi connectivity index (χ1n) is 13.8. The summed E-state index contributed by atoms with van der Waals surface area (Å²) in [6, 6.07) is 28.5. The molecule has 0 aromatic heterocycles. The number of hydrazone groups is 1. The minimum Gasteiger partial charge on any atom is -0.427 e. The lowest BCUT2D eigenvalue weighted by atomic mass is 9.47. The number of esters is 1. The highest BCUT2D eigenvalue weighted by molar-refractivity contribution is 6.33. The number of rotatable bonds is 5. The van der Waals surface area contributed by atoms with Crippen molar-refractivity contribution in [2.24, 2.45) is 16.9 Å². The molecule has 0 saturated carbocycles. The molecule has 8 rings (SSSR count). The van der Waals surface area contributed by atoms with E-state index in [0.29, 0.717) is 11.4 Å². The summed E-state index contributed by atoms with van der Waals surface area (Å²) < 4.78 is 5.14. The Kier molecular flexibility index (Phi) is 6.25. The van der Waals surface area contributed by atoms with Crippen molar-refractivity contribution in [3.8, 4) is 5.75 Å². The molecule has 8 nitrogen and oxygen atoms in total. The Balaban J connectivity index is 1.36. The second kappa shape index (κ2) is 10.0. The molecular weight excluding hydrogens is 566 g/mol. The van der Waals surface area contributed by atoms with Crippen molar-refractivity contribution in [3.05, 3.63) is 130 Å². The number of amides is 3. The van der Waals surface area contributed by atoms with Crippen molar-refractivity contribution in [2.75, 3.05) is 4.90 Å². The number of imide groups is 1. The third kappa shape index (κ3) is 3.94. The highest BCUT2D eigenvalue weighted by atomic mass is 35.5. The highest BCUT2D eigenvalue weighted by Gasteiger charge is 2.68. The fraction of sp³-hybridized carbons (Fsp3) is 0.147. The third-order valence-electron chi connectivity index (χ3n) is 8.59. The molecule has 9 heteroatoms. The van der Waals surface area contributed by atoms with Gasteiger partial charge in [0.2, 0.25) is 11.8 Å². The fourth-order valence-electron chi connectivity index (χ4n) is 7.03. The number of carbonyl (C=O) groups excluding carboxylic acids is 4. The highest BCUT2D eigenvalue weighted by Crippen LogP contribution is 2.63. The van der Waals surface area contributed by atoms with Gasteiger partial charge in [-0.2, -0.15) is 5.10 Å². The molecule has 3 amide bonds. The predicted molar refractivity (Wildman–Crippen MR) is 160 cm³/mol. The maximum Gasteiger partial charge on any atom is 0.308 e. The molecule has 43 heavy (non-hydrogen) atoms. The molecule has 0 spiro atoms. The van der Waals surface area contributed by atoms with E-state index < -0.39 is 29.1 Å². The molecule has 0 radical (unpaired) electrons. The molecule has 4 aromatic carbocycles. The van der Waals surface area contributed by atoms with Gasteiger partial charge in [0, 0.05) is 19.1 Å². The molecule has 4 aliphatic rings. The van der Waals surface area contributed by atoms with Gasteiger partial charge in [-0.3, -0.25) is 19.2 Å². The number of halogens is 1. The van der Waals surface area contributed by atoms with Gasteiger partial charge in [-0.15, -0.1) is 0 Å². The number of benzene rings is 4. The third-order valence-corrected chi connectivity index (χ3v) is 8.92. The molecule has 212 valence electrons. The molecule has 2 atom stereocenters. The van der Waals surface area contributed by atoms with E-state index in [4.69, 9.17) is 16.3 Å². The number of ether oxygens (including phenoxy) is 1. The van der Waals surface area contributed by atoms with Crippen molar-refractivity contribution >= 4 is 47.2 Å². The minimum absolute atomic E-state index is 0.264. The SMILES string of the molecule is CC(=O)Oc1ccc(N2C(=O)C3C4c5ccccc5C(/C=N/NC(=O)c5ccccc5Cl)(c5ccccc54)C3C2=O)cc1. The molecular formula is C34H24ClN3O5. The van der Waals surface area contributed by atoms with Crippen molar-refractivity contribution in [2.45, 2.75) is 18.3 Å². The summed E-state index contributed by atoms with van der Waals surface area (Å²) in [6.07, 6.45) is 1.60. The topological polar surface area (TPSA) is 105 Å². The van der Waals surface area contributed by atoms with Crippen LogP contribution < -0.4 is 15.1 Å². The second-order valence-electron chi connectivity index (χ2n) is 10.8. The molecule has 2 bridgehead atoms. The Bertz CT molecular complexity index is 1820. The maximum atomic E-state index is 14.4. The van der Waals surface area contributed by atoms with Gasteiger partial charge in [0.25, 0.3) is 5.91 Å². The Labute approximate surface area is 251 Å². The average Bonchev–Trinajstić information content (AvgIpc) is 3.28. The van der Waals surface area contributed by atoms with Gasteiger partial charge in [-0.05, 0) is 58.7 Å². The Morgan fingerprint density at radius 1 is 0.860 bits per heavy atom. The summed E-state index contributed by atoms with van der Waals surface area (Å²) in [4.78, 5) is 54.3. The average molecular weight is 590 g/mol.